The average molecular weight is 393 g/mol. The van der Waals surface area contributed by atoms with Crippen LogP contribution in [-0.4, -0.2) is 37.5 Å². The Hall–Kier alpha value is -3.55. The van der Waals surface area contributed by atoms with Crippen LogP contribution in [0.25, 0.3) is 5.69 Å². The van der Waals surface area contributed by atoms with E-state index in [4.69, 9.17) is 0 Å². The van der Waals surface area contributed by atoms with E-state index in [1.807, 2.05) is 12.1 Å². The lowest BCUT2D eigenvalue weighted by Gasteiger charge is -2.21. The number of hydrogen-bond acceptors (Lipinski definition) is 5. The fraction of sp³-hybridized carbons (Fsp3) is 0.286. The fourth-order valence-electron chi connectivity index (χ4n) is 3.01. The Kier molecular flexibility index (Phi) is 5.45. The number of amides is 1. The Morgan fingerprint density at radius 1 is 1.17 bits per heavy atom. The van der Waals surface area contributed by atoms with Crippen molar-refractivity contribution in [2.75, 3.05) is 7.05 Å². The maximum Gasteiger partial charge on any atom is 0.295 e. The van der Waals surface area contributed by atoms with Gasteiger partial charge >= 0.3 is 0 Å². The molecular formula is C21H23N5O3. The van der Waals surface area contributed by atoms with Gasteiger partial charge in [0, 0.05) is 25.2 Å². The number of hydrogen-bond donors (Lipinski definition) is 0. The van der Waals surface area contributed by atoms with Gasteiger partial charge in [0.1, 0.15) is 18.3 Å². The van der Waals surface area contributed by atoms with Crippen LogP contribution >= 0.6 is 0 Å². The van der Waals surface area contributed by atoms with E-state index in [2.05, 4.69) is 43.0 Å². The van der Waals surface area contributed by atoms with Crippen LogP contribution in [0.2, 0.25) is 0 Å². The largest absolute Gasteiger partial charge is 0.337 e. The third kappa shape index (κ3) is 4.48. The molecule has 29 heavy (non-hydrogen) atoms. The molecule has 0 aliphatic heterocycles. The molecule has 0 bridgehead atoms. The molecule has 0 unspecified atom stereocenters. The van der Waals surface area contributed by atoms with Crippen molar-refractivity contribution >= 4 is 11.6 Å². The molecule has 1 aromatic heterocycles. The number of carbonyl (C=O) groups is 1. The second-order valence-corrected chi connectivity index (χ2v) is 7.91. The Morgan fingerprint density at radius 3 is 2.41 bits per heavy atom. The van der Waals surface area contributed by atoms with Crippen LogP contribution in [0.15, 0.2) is 55.1 Å². The molecule has 2 aromatic carbocycles. The van der Waals surface area contributed by atoms with Gasteiger partial charge in [-0.2, -0.15) is 5.10 Å². The van der Waals surface area contributed by atoms with Gasteiger partial charge in [-0.3, -0.25) is 14.9 Å². The molecule has 8 nitrogen and oxygen atoms in total. The molecule has 0 saturated heterocycles. The molecule has 0 atom stereocenters. The molecule has 3 rings (SSSR count). The number of rotatable bonds is 5. The summed E-state index contributed by atoms with van der Waals surface area (Å²) in [7, 11) is 1.68. The topological polar surface area (TPSA) is 94.2 Å². The predicted molar refractivity (Wildman–Crippen MR) is 109 cm³/mol. The zero-order valence-electron chi connectivity index (χ0n) is 16.9. The smallest absolute Gasteiger partial charge is 0.295 e. The lowest BCUT2D eigenvalue weighted by Crippen LogP contribution is -2.26. The number of carbonyl (C=O) groups excluding carboxylic acids is 1. The summed E-state index contributed by atoms with van der Waals surface area (Å²) in [6.45, 7) is 6.84. The SMILES string of the molecule is CN(Cc1ccc(C(C)(C)C)cc1)C(=O)c1ccc(-n2cncn2)c([N+](=O)[O-])c1. The van der Waals surface area contributed by atoms with Crippen molar-refractivity contribution in [1.29, 1.82) is 0 Å². The molecule has 0 aliphatic carbocycles. The summed E-state index contributed by atoms with van der Waals surface area (Å²) < 4.78 is 1.30. The summed E-state index contributed by atoms with van der Waals surface area (Å²) in [4.78, 5) is 29.1. The van der Waals surface area contributed by atoms with E-state index < -0.39 is 4.92 Å². The molecule has 150 valence electrons. The van der Waals surface area contributed by atoms with Crippen molar-refractivity contribution in [2.24, 2.45) is 0 Å². The molecule has 8 heteroatoms. The first-order chi connectivity index (χ1) is 13.7. The zero-order chi connectivity index (χ0) is 21.2. The molecular weight excluding hydrogens is 370 g/mol. The highest BCUT2D eigenvalue weighted by Gasteiger charge is 2.21. The minimum absolute atomic E-state index is 0.0605. The van der Waals surface area contributed by atoms with Gasteiger partial charge in [0.2, 0.25) is 0 Å². The van der Waals surface area contributed by atoms with Crippen LogP contribution in [0.4, 0.5) is 5.69 Å². The number of nitro benzene ring substituents is 1. The molecule has 3 aromatic rings. The summed E-state index contributed by atoms with van der Waals surface area (Å²) in [5, 5.41) is 15.4. The van der Waals surface area contributed by atoms with Gasteiger partial charge in [-0.15, -0.1) is 0 Å². The number of nitro groups is 1. The van der Waals surface area contributed by atoms with Crippen molar-refractivity contribution in [3.8, 4) is 5.69 Å². The van der Waals surface area contributed by atoms with Crippen LogP contribution < -0.4 is 0 Å². The zero-order valence-corrected chi connectivity index (χ0v) is 16.9. The van der Waals surface area contributed by atoms with Crippen molar-refractivity contribution in [3.05, 3.63) is 81.9 Å². The number of nitrogens with zero attached hydrogens (tertiary/aromatic N) is 5. The molecule has 1 amide bonds. The van der Waals surface area contributed by atoms with Gasteiger partial charge in [-0.1, -0.05) is 45.0 Å². The van der Waals surface area contributed by atoms with E-state index in [1.165, 1.54) is 35.0 Å². The molecule has 0 radical (unpaired) electrons. The summed E-state index contributed by atoms with van der Waals surface area (Å²) in [6, 6.07) is 12.5. The maximum absolute atomic E-state index is 12.8. The van der Waals surface area contributed by atoms with E-state index in [9.17, 15) is 14.9 Å². The predicted octanol–water partition coefficient (Wildman–Crippen LogP) is 3.75. The normalized spacial score (nSPS) is 11.3. The Balaban J connectivity index is 1.80. The summed E-state index contributed by atoms with van der Waals surface area (Å²) in [5.41, 5.74) is 2.56. The quantitative estimate of drug-likeness (QED) is 0.486. The van der Waals surface area contributed by atoms with E-state index in [0.717, 1.165) is 5.56 Å². The van der Waals surface area contributed by atoms with Gasteiger partial charge in [0.25, 0.3) is 11.6 Å². The van der Waals surface area contributed by atoms with Crippen LogP contribution in [0, 0.1) is 10.1 Å². The number of benzene rings is 2. The lowest BCUT2D eigenvalue weighted by atomic mass is 9.87. The lowest BCUT2D eigenvalue weighted by molar-refractivity contribution is -0.384. The van der Waals surface area contributed by atoms with Gasteiger partial charge in [-0.25, -0.2) is 9.67 Å². The van der Waals surface area contributed by atoms with Gasteiger partial charge in [0.05, 0.1) is 4.92 Å². The average Bonchev–Trinajstić information content (AvgIpc) is 3.21. The molecule has 0 N–H and O–H groups in total. The second kappa shape index (κ2) is 7.83. The first-order valence-corrected chi connectivity index (χ1v) is 9.15. The first kappa shape index (κ1) is 20.2. The van der Waals surface area contributed by atoms with Crippen molar-refractivity contribution in [3.63, 3.8) is 0 Å². The summed E-state index contributed by atoms with van der Waals surface area (Å²) in [5.74, 6) is -0.293. The summed E-state index contributed by atoms with van der Waals surface area (Å²) in [6.07, 6.45) is 2.67. The van der Waals surface area contributed by atoms with Crippen LogP contribution in [0.1, 0.15) is 42.3 Å². The van der Waals surface area contributed by atoms with Crippen LogP contribution in [0.5, 0.6) is 0 Å². The van der Waals surface area contributed by atoms with E-state index >= 15 is 0 Å². The fourth-order valence-corrected chi connectivity index (χ4v) is 3.01. The molecule has 0 fully saturated rings. The Labute approximate surface area is 169 Å². The van der Waals surface area contributed by atoms with Crippen LogP contribution in [0.3, 0.4) is 0 Å². The van der Waals surface area contributed by atoms with Crippen molar-refractivity contribution in [2.45, 2.75) is 32.7 Å². The third-order valence-electron chi connectivity index (χ3n) is 4.67. The van der Waals surface area contributed by atoms with E-state index in [1.54, 1.807) is 18.0 Å². The monoisotopic (exact) mass is 393 g/mol. The minimum atomic E-state index is -0.529. The van der Waals surface area contributed by atoms with Crippen molar-refractivity contribution in [1.82, 2.24) is 19.7 Å². The molecule has 0 aliphatic rings. The molecule has 0 saturated carbocycles. The van der Waals surface area contributed by atoms with Crippen molar-refractivity contribution < 1.29 is 9.72 Å². The highest BCUT2D eigenvalue weighted by Crippen LogP contribution is 2.25. The molecule has 0 spiro atoms. The number of aromatic nitrogens is 3. The Morgan fingerprint density at radius 2 is 1.86 bits per heavy atom. The summed E-state index contributed by atoms with van der Waals surface area (Å²) >= 11 is 0. The second-order valence-electron chi connectivity index (χ2n) is 7.91. The van der Waals surface area contributed by atoms with E-state index in [0.29, 0.717) is 6.54 Å². The highest BCUT2D eigenvalue weighted by molar-refractivity contribution is 5.95. The third-order valence-corrected chi connectivity index (χ3v) is 4.67. The maximum atomic E-state index is 12.8. The van der Waals surface area contributed by atoms with Gasteiger partial charge in [0.15, 0.2) is 0 Å². The highest BCUT2D eigenvalue weighted by atomic mass is 16.6. The minimum Gasteiger partial charge on any atom is -0.337 e. The first-order valence-electron chi connectivity index (χ1n) is 9.15. The van der Waals surface area contributed by atoms with Gasteiger partial charge < -0.3 is 4.90 Å². The standard InChI is InChI=1S/C21H23N5O3/c1-21(2,3)17-8-5-15(6-9-17)12-24(4)20(27)16-7-10-18(19(11-16)26(28)29)25-14-22-13-23-25/h5-11,13-14H,12H2,1-4H3. The Bertz CT molecular complexity index is 1020. The van der Waals surface area contributed by atoms with Crippen LogP contribution in [-0.2, 0) is 12.0 Å². The molecule has 1 heterocycles. The van der Waals surface area contributed by atoms with E-state index in [-0.39, 0.29) is 28.3 Å². The van der Waals surface area contributed by atoms with Gasteiger partial charge in [-0.05, 0) is 28.7 Å².